The van der Waals surface area contributed by atoms with Gasteiger partial charge in [0.1, 0.15) is 11.6 Å². The van der Waals surface area contributed by atoms with Crippen molar-refractivity contribution in [1.82, 2.24) is 40.4 Å². The number of aryl methyl sites for hydroxylation is 2. The zero-order chi connectivity index (χ0) is 20.1. The first-order valence-corrected chi connectivity index (χ1v) is 9.92. The van der Waals surface area contributed by atoms with Gasteiger partial charge >= 0.3 is 0 Å². The predicted molar refractivity (Wildman–Crippen MR) is 110 cm³/mol. The van der Waals surface area contributed by atoms with E-state index in [0.717, 1.165) is 47.7 Å². The molecule has 1 aromatic carbocycles. The van der Waals surface area contributed by atoms with Gasteiger partial charge in [-0.25, -0.2) is 14.8 Å². The van der Waals surface area contributed by atoms with E-state index >= 15 is 0 Å². The highest BCUT2D eigenvalue weighted by Crippen LogP contribution is 2.29. The van der Waals surface area contributed by atoms with E-state index in [2.05, 4.69) is 66.9 Å². The van der Waals surface area contributed by atoms with Crippen LogP contribution >= 0.6 is 0 Å². The van der Waals surface area contributed by atoms with Gasteiger partial charge in [0.15, 0.2) is 5.82 Å². The lowest BCUT2D eigenvalue weighted by Crippen LogP contribution is -2.07. The molecule has 3 heterocycles. The third-order valence-electron chi connectivity index (χ3n) is 4.88. The average molecular weight is 388 g/mol. The number of rotatable bonds is 8. The van der Waals surface area contributed by atoms with Gasteiger partial charge in [-0.1, -0.05) is 44.0 Å². The quantitative estimate of drug-likeness (QED) is 0.463. The number of hydrogen-bond donors (Lipinski definition) is 1. The van der Waals surface area contributed by atoms with Crippen LogP contribution in [0.15, 0.2) is 42.7 Å². The molecule has 3 aromatic heterocycles. The molecule has 0 unspecified atom stereocenters. The Morgan fingerprint density at radius 2 is 1.90 bits per heavy atom. The smallest absolute Gasteiger partial charge is 0.181 e. The third-order valence-corrected chi connectivity index (χ3v) is 4.88. The molecule has 148 valence electrons. The molecule has 0 aliphatic carbocycles. The fourth-order valence-corrected chi connectivity index (χ4v) is 3.41. The summed E-state index contributed by atoms with van der Waals surface area (Å²) in [6, 6.07) is 10.5. The average Bonchev–Trinajstić information content (AvgIpc) is 3.39. The minimum Gasteiger partial charge on any atom is -0.264 e. The summed E-state index contributed by atoms with van der Waals surface area (Å²) in [5.74, 6) is 2.50. The summed E-state index contributed by atoms with van der Waals surface area (Å²) in [5.41, 5.74) is 4.17. The molecular weight excluding hydrogens is 364 g/mol. The Hall–Kier alpha value is -3.42. The molecule has 0 amide bonds. The summed E-state index contributed by atoms with van der Waals surface area (Å²) in [6.45, 7) is 4.88. The minimum absolute atomic E-state index is 0.604. The monoisotopic (exact) mass is 388 g/mol. The molecular formula is C21H24N8. The summed E-state index contributed by atoms with van der Waals surface area (Å²) in [6.07, 6.45) is 8.09. The molecule has 0 bridgehead atoms. The molecule has 4 rings (SSSR count). The van der Waals surface area contributed by atoms with E-state index < -0.39 is 0 Å². The van der Waals surface area contributed by atoms with E-state index in [9.17, 15) is 0 Å². The highest BCUT2D eigenvalue weighted by atomic mass is 15.5. The Morgan fingerprint density at radius 3 is 2.66 bits per heavy atom. The molecule has 29 heavy (non-hydrogen) atoms. The lowest BCUT2D eigenvalue weighted by Gasteiger charge is -2.09. The van der Waals surface area contributed by atoms with Gasteiger partial charge in [0, 0.05) is 24.4 Å². The number of benzene rings is 1. The number of nitrogens with zero attached hydrogens (tertiary/aromatic N) is 7. The summed E-state index contributed by atoms with van der Waals surface area (Å²) < 4.78 is 2.03. The van der Waals surface area contributed by atoms with E-state index in [1.807, 2.05) is 17.7 Å². The number of pyridine rings is 1. The fourth-order valence-electron chi connectivity index (χ4n) is 3.41. The Balaban J connectivity index is 1.54. The zero-order valence-corrected chi connectivity index (χ0v) is 16.7. The highest BCUT2D eigenvalue weighted by Gasteiger charge is 2.12. The molecule has 0 aliphatic rings. The van der Waals surface area contributed by atoms with Crippen molar-refractivity contribution in [2.24, 2.45) is 0 Å². The number of tetrazole rings is 1. The van der Waals surface area contributed by atoms with Crippen molar-refractivity contribution in [1.29, 1.82) is 0 Å². The number of aromatic nitrogens is 8. The van der Waals surface area contributed by atoms with Crippen molar-refractivity contribution in [3.63, 3.8) is 0 Å². The number of hydrogen-bond acceptors (Lipinski definition) is 6. The van der Waals surface area contributed by atoms with Crippen LogP contribution in [-0.4, -0.2) is 40.4 Å². The summed E-state index contributed by atoms with van der Waals surface area (Å²) in [5, 5.41) is 18.7. The van der Waals surface area contributed by atoms with Crippen LogP contribution in [0.2, 0.25) is 0 Å². The van der Waals surface area contributed by atoms with Crippen LogP contribution in [0.5, 0.6) is 0 Å². The van der Waals surface area contributed by atoms with Crippen LogP contribution < -0.4 is 0 Å². The van der Waals surface area contributed by atoms with Crippen LogP contribution in [0.3, 0.4) is 0 Å². The van der Waals surface area contributed by atoms with E-state index in [-0.39, 0.29) is 0 Å². The maximum atomic E-state index is 4.61. The van der Waals surface area contributed by atoms with E-state index in [1.165, 1.54) is 18.4 Å². The molecule has 0 saturated heterocycles. The molecule has 0 spiro atoms. The van der Waals surface area contributed by atoms with Crippen molar-refractivity contribution in [3.05, 3.63) is 59.9 Å². The van der Waals surface area contributed by atoms with Crippen LogP contribution in [-0.2, 0) is 13.0 Å². The third kappa shape index (κ3) is 4.37. The van der Waals surface area contributed by atoms with Gasteiger partial charge in [0.2, 0.25) is 0 Å². The molecule has 4 aromatic rings. The van der Waals surface area contributed by atoms with Crippen LogP contribution in [0, 0.1) is 6.92 Å². The first kappa shape index (κ1) is 18.9. The molecule has 0 saturated carbocycles. The second-order valence-corrected chi connectivity index (χ2v) is 7.06. The summed E-state index contributed by atoms with van der Waals surface area (Å²) >= 11 is 0. The molecule has 8 heteroatoms. The topological polar surface area (TPSA) is 98.1 Å². The highest BCUT2D eigenvalue weighted by molar-refractivity contribution is 5.79. The van der Waals surface area contributed by atoms with Crippen LogP contribution in [0.1, 0.15) is 43.4 Å². The van der Waals surface area contributed by atoms with E-state index in [4.69, 9.17) is 0 Å². The van der Waals surface area contributed by atoms with Crippen molar-refractivity contribution in [2.75, 3.05) is 0 Å². The van der Waals surface area contributed by atoms with Crippen molar-refractivity contribution in [3.8, 4) is 22.5 Å². The van der Waals surface area contributed by atoms with Gasteiger partial charge in [-0.15, -0.1) is 5.10 Å². The first-order chi connectivity index (χ1) is 14.2. The fraction of sp³-hybridized carbons (Fsp3) is 0.333. The Labute approximate surface area is 169 Å². The van der Waals surface area contributed by atoms with Crippen molar-refractivity contribution < 1.29 is 0 Å². The molecule has 0 atom stereocenters. The maximum absolute atomic E-state index is 4.61. The SMILES string of the molecule is CCCCCc1nc(C)nn1Cc1ccc(-c2ccncc2-c2nnn[nH]2)cc1. The standard InChI is InChI=1S/C21H24N8/c1-3-4-5-6-20-23-15(2)26-29(20)14-16-7-9-17(10-8-16)18-11-12-22-13-19(18)21-24-27-28-25-21/h7-13H,3-6,14H2,1-2H3,(H,24,25,27,28). The number of H-pyrrole nitrogens is 1. The second-order valence-electron chi connectivity index (χ2n) is 7.06. The van der Waals surface area contributed by atoms with Gasteiger partial charge in [0.25, 0.3) is 0 Å². The largest absolute Gasteiger partial charge is 0.264 e. The van der Waals surface area contributed by atoms with Crippen molar-refractivity contribution in [2.45, 2.75) is 46.1 Å². The predicted octanol–water partition coefficient (Wildman–Crippen LogP) is 3.61. The maximum Gasteiger partial charge on any atom is 0.181 e. The zero-order valence-electron chi connectivity index (χ0n) is 16.7. The normalized spacial score (nSPS) is 11.1. The van der Waals surface area contributed by atoms with Crippen LogP contribution in [0.25, 0.3) is 22.5 Å². The lowest BCUT2D eigenvalue weighted by molar-refractivity contribution is 0.605. The van der Waals surface area contributed by atoms with Gasteiger partial charge in [0.05, 0.1) is 6.54 Å². The Morgan fingerprint density at radius 1 is 1.03 bits per heavy atom. The van der Waals surface area contributed by atoms with Gasteiger partial charge < -0.3 is 0 Å². The summed E-state index contributed by atoms with van der Waals surface area (Å²) in [7, 11) is 0. The van der Waals surface area contributed by atoms with E-state index in [1.54, 1.807) is 12.4 Å². The van der Waals surface area contributed by atoms with Gasteiger partial charge in [-0.2, -0.15) is 5.10 Å². The summed E-state index contributed by atoms with van der Waals surface area (Å²) in [4.78, 5) is 8.82. The number of nitrogens with one attached hydrogen (secondary N) is 1. The number of aromatic amines is 1. The molecule has 8 nitrogen and oxygen atoms in total. The van der Waals surface area contributed by atoms with Crippen molar-refractivity contribution >= 4 is 0 Å². The van der Waals surface area contributed by atoms with Gasteiger partial charge in [-0.3, -0.25) is 4.98 Å². The molecule has 0 aliphatic heterocycles. The van der Waals surface area contributed by atoms with E-state index in [0.29, 0.717) is 5.82 Å². The second kappa shape index (κ2) is 8.72. The Bertz CT molecular complexity index is 1050. The minimum atomic E-state index is 0.604. The van der Waals surface area contributed by atoms with Crippen LogP contribution in [0.4, 0.5) is 0 Å². The first-order valence-electron chi connectivity index (χ1n) is 9.92. The molecule has 0 radical (unpaired) electrons. The van der Waals surface area contributed by atoms with Gasteiger partial charge in [-0.05, 0) is 46.5 Å². The Kier molecular flexibility index (Phi) is 5.69. The molecule has 0 fully saturated rings. The number of unbranched alkanes of at least 4 members (excludes halogenated alkanes) is 2. The lowest BCUT2D eigenvalue weighted by atomic mass is 10.00. The molecule has 1 N–H and O–H groups in total.